The molecule has 1 aliphatic rings. The van der Waals surface area contributed by atoms with Crippen molar-refractivity contribution in [1.82, 2.24) is 10.2 Å². The van der Waals surface area contributed by atoms with Crippen LogP contribution in [0.1, 0.15) is 37.0 Å². The molecule has 1 N–H and O–H groups in total. The van der Waals surface area contributed by atoms with Gasteiger partial charge < -0.3 is 10.2 Å². The first kappa shape index (κ1) is 20.7. The van der Waals surface area contributed by atoms with Gasteiger partial charge in [-0.25, -0.2) is 4.39 Å². The van der Waals surface area contributed by atoms with Gasteiger partial charge in [0.1, 0.15) is 5.82 Å². The van der Waals surface area contributed by atoms with Crippen LogP contribution in [0.2, 0.25) is 0 Å². The second kappa shape index (κ2) is 8.99. The fourth-order valence-corrected chi connectivity index (χ4v) is 3.60. The van der Waals surface area contributed by atoms with Crippen molar-refractivity contribution < 1.29 is 18.8 Å². The van der Waals surface area contributed by atoms with Crippen LogP contribution in [-0.4, -0.2) is 41.6 Å². The van der Waals surface area contributed by atoms with E-state index in [2.05, 4.69) is 5.32 Å². The Morgan fingerprint density at radius 1 is 1.10 bits per heavy atom. The van der Waals surface area contributed by atoms with Gasteiger partial charge in [-0.05, 0) is 38.3 Å². The smallest absolute Gasteiger partial charge is 0.311 e. The van der Waals surface area contributed by atoms with Gasteiger partial charge >= 0.3 is 11.8 Å². The van der Waals surface area contributed by atoms with Gasteiger partial charge in [-0.15, -0.1) is 0 Å². The van der Waals surface area contributed by atoms with Gasteiger partial charge in [-0.2, -0.15) is 0 Å². The summed E-state index contributed by atoms with van der Waals surface area (Å²) >= 11 is 0. The van der Waals surface area contributed by atoms with Crippen molar-refractivity contribution in [2.45, 2.75) is 32.7 Å². The molecular formula is C23H25FN2O3. The zero-order chi connectivity index (χ0) is 21.0. The minimum Gasteiger partial charge on any atom is -0.346 e. The highest BCUT2D eigenvalue weighted by Gasteiger charge is 2.32. The van der Waals surface area contributed by atoms with Gasteiger partial charge in [0, 0.05) is 36.2 Å². The van der Waals surface area contributed by atoms with Crippen LogP contribution in [0.5, 0.6) is 0 Å². The molecule has 0 aromatic heterocycles. The van der Waals surface area contributed by atoms with Crippen LogP contribution in [0.3, 0.4) is 0 Å². The molecule has 5 nitrogen and oxygen atoms in total. The lowest BCUT2D eigenvalue weighted by molar-refractivity contribution is -0.147. The lowest BCUT2D eigenvalue weighted by Crippen LogP contribution is -2.49. The van der Waals surface area contributed by atoms with Gasteiger partial charge in [0.2, 0.25) is 0 Å². The van der Waals surface area contributed by atoms with E-state index in [0.29, 0.717) is 24.9 Å². The molecule has 0 radical (unpaired) electrons. The molecule has 1 heterocycles. The second-order valence-electron chi connectivity index (χ2n) is 7.64. The topological polar surface area (TPSA) is 66.5 Å². The molecule has 0 aliphatic carbocycles. The van der Waals surface area contributed by atoms with E-state index in [-0.39, 0.29) is 23.9 Å². The van der Waals surface area contributed by atoms with Crippen LogP contribution in [-0.2, 0) is 9.59 Å². The number of Topliss-reactive ketones (excluding diaryl/α,β-unsaturated/α-hetero) is 1. The van der Waals surface area contributed by atoms with E-state index in [0.717, 1.165) is 5.56 Å². The van der Waals surface area contributed by atoms with E-state index in [9.17, 15) is 18.8 Å². The summed E-state index contributed by atoms with van der Waals surface area (Å²) in [6.07, 6.45) is 1.23. The standard InChI is InChI=1S/C23H25FN2O3/c1-15(2)25-22(28)23(29)26-12-6-9-18(14-26)21(27)17-10-11-19(20(24)13-17)16-7-4-3-5-8-16/h3-5,7-8,10-11,13,15,18H,6,9,12,14H2,1-2H3,(H,25,28)/t18-/m1/s1. The maximum atomic E-state index is 14.6. The fraction of sp³-hybridized carbons (Fsp3) is 0.348. The molecule has 3 rings (SSSR count). The zero-order valence-corrected chi connectivity index (χ0v) is 16.7. The van der Waals surface area contributed by atoms with Crippen molar-refractivity contribution in [3.63, 3.8) is 0 Å². The molecule has 1 fully saturated rings. The molecule has 29 heavy (non-hydrogen) atoms. The first-order chi connectivity index (χ1) is 13.9. The number of piperidine rings is 1. The fourth-order valence-electron chi connectivity index (χ4n) is 3.60. The largest absolute Gasteiger partial charge is 0.346 e. The van der Waals surface area contributed by atoms with Crippen LogP contribution in [0.25, 0.3) is 11.1 Å². The summed E-state index contributed by atoms with van der Waals surface area (Å²) in [6.45, 7) is 4.17. The molecule has 0 bridgehead atoms. The Balaban J connectivity index is 1.72. The minimum absolute atomic E-state index is 0.139. The molecule has 0 unspecified atom stereocenters. The Hall–Kier alpha value is -3.02. The minimum atomic E-state index is -0.661. The van der Waals surface area contributed by atoms with Crippen molar-refractivity contribution >= 4 is 17.6 Å². The zero-order valence-electron chi connectivity index (χ0n) is 16.7. The number of nitrogens with one attached hydrogen (secondary N) is 1. The quantitative estimate of drug-likeness (QED) is 0.636. The number of hydrogen-bond donors (Lipinski definition) is 1. The highest BCUT2D eigenvalue weighted by molar-refractivity contribution is 6.35. The van der Waals surface area contributed by atoms with Crippen molar-refractivity contribution in [1.29, 1.82) is 0 Å². The van der Waals surface area contributed by atoms with Crippen LogP contribution in [0, 0.1) is 11.7 Å². The highest BCUT2D eigenvalue weighted by atomic mass is 19.1. The Morgan fingerprint density at radius 3 is 2.48 bits per heavy atom. The normalized spacial score (nSPS) is 16.6. The number of ketones is 1. The third-order valence-corrected chi connectivity index (χ3v) is 5.03. The van der Waals surface area contributed by atoms with Crippen LogP contribution in [0.4, 0.5) is 4.39 Å². The van der Waals surface area contributed by atoms with E-state index in [1.807, 2.05) is 30.3 Å². The molecule has 1 saturated heterocycles. The molecule has 1 atom stereocenters. The summed E-state index contributed by atoms with van der Waals surface area (Å²) in [4.78, 5) is 38.6. The van der Waals surface area contributed by atoms with Crippen molar-refractivity contribution in [3.8, 4) is 11.1 Å². The molecule has 6 heteroatoms. The third kappa shape index (κ3) is 4.88. The predicted octanol–water partition coefficient (Wildman–Crippen LogP) is 3.44. The number of nitrogens with zero attached hydrogens (tertiary/aromatic N) is 1. The molecular weight excluding hydrogens is 371 g/mol. The van der Waals surface area contributed by atoms with Gasteiger partial charge in [0.05, 0.1) is 0 Å². The number of carbonyl (C=O) groups excluding carboxylic acids is 3. The highest BCUT2D eigenvalue weighted by Crippen LogP contribution is 2.26. The maximum absolute atomic E-state index is 14.6. The van der Waals surface area contributed by atoms with Crippen LogP contribution >= 0.6 is 0 Å². The van der Waals surface area contributed by atoms with Crippen molar-refractivity contribution in [3.05, 3.63) is 59.9 Å². The summed E-state index contributed by atoms with van der Waals surface area (Å²) in [5.74, 6) is -2.39. The van der Waals surface area contributed by atoms with Crippen LogP contribution < -0.4 is 5.32 Å². The van der Waals surface area contributed by atoms with E-state index < -0.39 is 23.5 Å². The summed E-state index contributed by atoms with van der Waals surface area (Å²) in [7, 11) is 0. The lowest BCUT2D eigenvalue weighted by atomic mass is 9.89. The van der Waals surface area contributed by atoms with E-state index in [4.69, 9.17) is 0 Å². The Morgan fingerprint density at radius 2 is 1.83 bits per heavy atom. The number of likely N-dealkylation sites (tertiary alicyclic amines) is 1. The number of carbonyl (C=O) groups is 3. The number of halogens is 1. The number of amides is 2. The Labute approximate surface area is 169 Å². The first-order valence-electron chi connectivity index (χ1n) is 9.85. The predicted molar refractivity (Wildman–Crippen MR) is 109 cm³/mol. The van der Waals surface area contributed by atoms with Crippen LogP contribution in [0.15, 0.2) is 48.5 Å². The molecule has 1 aliphatic heterocycles. The average Bonchev–Trinajstić information content (AvgIpc) is 2.72. The summed E-state index contributed by atoms with van der Waals surface area (Å²) in [6, 6.07) is 13.5. The molecule has 2 aromatic rings. The maximum Gasteiger partial charge on any atom is 0.311 e. The first-order valence-corrected chi connectivity index (χ1v) is 9.85. The molecule has 2 amide bonds. The second-order valence-corrected chi connectivity index (χ2v) is 7.64. The van der Waals surface area contributed by atoms with E-state index >= 15 is 0 Å². The lowest BCUT2D eigenvalue weighted by Gasteiger charge is -2.31. The van der Waals surface area contributed by atoms with Gasteiger partial charge in [0.15, 0.2) is 5.78 Å². The summed E-state index contributed by atoms with van der Waals surface area (Å²) in [5.41, 5.74) is 1.47. The molecule has 0 spiro atoms. The van der Waals surface area contributed by atoms with Gasteiger partial charge in [0.25, 0.3) is 0 Å². The van der Waals surface area contributed by atoms with E-state index in [1.165, 1.54) is 11.0 Å². The Bertz CT molecular complexity index is 912. The monoisotopic (exact) mass is 396 g/mol. The Kier molecular flexibility index (Phi) is 6.42. The number of rotatable bonds is 4. The number of hydrogen-bond acceptors (Lipinski definition) is 3. The summed E-state index contributed by atoms with van der Waals surface area (Å²) in [5, 5.41) is 2.58. The third-order valence-electron chi connectivity index (χ3n) is 5.03. The summed E-state index contributed by atoms with van der Waals surface area (Å²) < 4.78 is 14.6. The SMILES string of the molecule is CC(C)NC(=O)C(=O)N1CCC[C@@H](C(=O)c2ccc(-c3ccccc3)c(F)c2)C1. The van der Waals surface area contributed by atoms with Crippen molar-refractivity contribution in [2.24, 2.45) is 5.92 Å². The van der Waals surface area contributed by atoms with E-state index in [1.54, 1.807) is 26.0 Å². The van der Waals surface area contributed by atoms with Crippen molar-refractivity contribution in [2.75, 3.05) is 13.1 Å². The molecule has 0 saturated carbocycles. The number of benzene rings is 2. The van der Waals surface area contributed by atoms with Gasteiger partial charge in [-0.1, -0.05) is 42.5 Å². The van der Waals surface area contributed by atoms with Gasteiger partial charge in [-0.3, -0.25) is 14.4 Å². The molecule has 2 aromatic carbocycles. The average molecular weight is 396 g/mol. The molecule has 152 valence electrons.